The van der Waals surface area contributed by atoms with Crippen LogP contribution >= 0.6 is 0 Å². The maximum absolute atomic E-state index is 13.4. The van der Waals surface area contributed by atoms with Gasteiger partial charge < -0.3 is 5.32 Å². The number of likely N-dealkylation sites (tertiary alicyclic amines) is 1. The Hall–Kier alpha value is -3.44. The van der Waals surface area contributed by atoms with Crippen molar-refractivity contribution in [2.45, 2.75) is 38.8 Å². The number of para-hydroxylation sites is 1. The predicted octanol–water partition coefficient (Wildman–Crippen LogP) is 5.13. The quantitative estimate of drug-likeness (QED) is 0.583. The second-order valence-electron chi connectivity index (χ2n) is 9.53. The van der Waals surface area contributed by atoms with E-state index >= 15 is 0 Å². The minimum absolute atomic E-state index is 0.156. The lowest BCUT2D eigenvalue weighted by Gasteiger charge is -2.30. The molecule has 0 saturated carbocycles. The third-order valence-electron chi connectivity index (χ3n) is 7.02. The van der Waals surface area contributed by atoms with E-state index in [-0.39, 0.29) is 11.8 Å². The Labute approximate surface area is 201 Å². The van der Waals surface area contributed by atoms with Crippen LogP contribution in [0.5, 0.6) is 0 Å². The molecule has 5 heteroatoms. The summed E-state index contributed by atoms with van der Waals surface area (Å²) in [4.78, 5) is 30.9. The Balaban J connectivity index is 1.29. The van der Waals surface area contributed by atoms with Crippen molar-refractivity contribution in [3.05, 3.63) is 95.6 Å². The first-order valence-electron chi connectivity index (χ1n) is 12.2. The third-order valence-corrected chi connectivity index (χ3v) is 7.02. The van der Waals surface area contributed by atoms with E-state index in [0.29, 0.717) is 12.0 Å². The Bertz CT molecular complexity index is 1150. The molecule has 0 radical (unpaired) electrons. The number of rotatable bonds is 5. The van der Waals surface area contributed by atoms with Gasteiger partial charge >= 0.3 is 0 Å². The average Bonchev–Trinajstić information content (AvgIpc) is 3.26. The number of carbonyl (C=O) groups is 2. The van der Waals surface area contributed by atoms with Gasteiger partial charge in [0.15, 0.2) is 0 Å². The van der Waals surface area contributed by atoms with Crippen LogP contribution in [-0.4, -0.2) is 35.8 Å². The molecule has 174 valence electrons. The molecule has 1 fully saturated rings. The van der Waals surface area contributed by atoms with Crippen molar-refractivity contribution in [2.24, 2.45) is 5.92 Å². The highest BCUT2D eigenvalue weighted by Crippen LogP contribution is 2.34. The lowest BCUT2D eigenvalue weighted by Crippen LogP contribution is -2.45. The molecule has 3 aromatic rings. The zero-order valence-electron chi connectivity index (χ0n) is 19.6. The number of fused-ring (bicyclic) bond motifs is 1. The van der Waals surface area contributed by atoms with Crippen LogP contribution < -0.4 is 10.2 Å². The van der Waals surface area contributed by atoms with E-state index in [2.05, 4.69) is 29.3 Å². The van der Waals surface area contributed by atoms with Crippen LogP contribution in [0.1, 0.15) is 41.3 Å². The smallest absolute Gasteiger partial charge is 0.259 e. The molecule has 0 aromatic heterocycles. The summed E-state index contributed by atoms with van der Waals surface area (Å²) in [6.07, 6.45) is 3.03. The number of benzene rings is 3. The number of anilines is 2. The SMILES string of the molecule is CC1CCN(Cc2ccc(NC(=O)[C@@H]3Cc4ccccc4N3C(=O)c3ccccc3)cc2)CC1. The largest absolute Gasteiger partial charge is 0.324 e. The van der Waals surface area contributed by atoms with Gasteiger partial charge in [-0.05, 0) is 73.3 Å². The Morgan fingerprint density at radius 2 is 1.56 bits per heavy atom. The molecule has 34 heavy (non-hydrogen) atoms. The topological polar surface area (TPSA) is 52.7 Å². The summed E-state index contributed by atoms with van der Waals surface area (Å²) < 4.78 is 0. The normalized spacial score (nSPS) is 18.5. The fourth-order valence-electron chi connectivity index (χ4n) is 4.96. The first kappa shape index (κ1) is 22.4. The second-order valence-corrected chi connectivity index (χ2v) is 9.53. The van der Waals surface area contributed by atoms with Crippen LogP contribution in [0, 0.1) is 5.92 Å². The first-order valence-corrected chi connectivity index (χ1v) is 12.2. The standard InChI is InChI=1S/C29H31N3O2/c1-21-15-17-31(18-16-21)20-22-11-13-25(14-12-22)30-28(33)27-19-24-9-5-6-10-26(24)32(27)29(34)23-7-3-2-4-8-23/h2-14,21,27H,15-20H2,1H3,(H,30,33)/t27-/m0/s1. The Kier molecular flexibility index (Phi) is 6.45. The minimum Gasteiger partial charge on any atom is -0.324 e. The van der Waals surface area contributed by atoms with Crippen LogP contribution in [0.2, 0.25) is 0 Å². The highest BCUT2D eigenvalue weighted by atomic mass is 16.2. The summed E-state index contributed by atoms with van der Waals surface area (Å²) in [5.41, 5.74) is 4.40. The molecule has 2 aliphatic rings. The predicted molar refractivity (Wildman–Crippen MR) is 136 cm³/mol. The molecule has 2 amide bonds. The van der Waals surface area contributed by atoms with Gasteiger partial charge in [0, 0.05) is 29.9 Å². The summed E-state index contributed by atoms with van der Waals surface area (Å²) in [5.74, 6) is 0.499. The molecule has 0 spiro atoms. The summed E-state index contributed by atoms with van der Waals surface area (Å²) in [7, 11) is 0. The maximum atomic E-state index is 13.4. The monoisotopic (exact) mass is 453 g/mol. The summed E-state index contributed by atoms with van der Waals surface area (Å²) in [6.45, 7) is 5.56. The van der Waals surface area contributed by atoms with Crippen molar-refractivity contribution in [1.82, 2.24) is 4.90 Å². The van der Waals surface area contributed by atoms with Gasteiger partial charge in [0.1, 0.15) is 6.04 Å². The van der Waals surface area contributed by atoms with E-state index in [1.54, 1.807) is 17.0 Å². The van der Waals surface area contributed by atoms with E-state index in [9.17, 15) is 9.59 Å². The molecule has 0 bridgehead atoms. The van der Waals surface area contributed by atoms with Crippen LogP contribution in [0.4, 0.5) is 11.4 Å². The third kappa shape index (κ3) is 4.75. The average molecular weight is 454 g/mol. The summed E-state index contributed by atoms with van der Waals surface area (Å²) in [6, 6.07) is 24.4. The Morgan fingerprint density at radius 3 is 2.29 bits per heavy atom. The van der Waals surface area contributed by atoms with Crippen molar-refractivity contribution in [3.8, 4) is 0 Å². The van der Waals surface area contributed by atoms with E-state index < -0.39 is 6.04 Å². The molecule has 0 unspecified atom stereocenters. The van der Waals surface area contributed by atoms with Crippen molar-refractivity contribution in [1.29, 1.82) is 0 Å². The van der Waals surface area contributed by atoms with Gasteiger partial charge in [0.2, 0.25) is 5.91 Å². The zero-order valence-corrected chi connectivity index (χ0v) is 19.6. The molecule has 1 saturated heterocycles. The molecule has 1 atom stereocenters. The van der Waals surface area contributed by atoms with Crippen molar-refractivity contribution in [3.63, 3.8) is 0 Å². The number of piperidine rings is 1. The van der Waals surface area contributed by atoms with Crippen molar-refractivity contribution >= 4 is 23.2 Å². The van der Waals surface area contributed by atoms with Crippen LogP contribution in [-0.2, 0) is 17.8 Å². The molecule has 1 N–H and O–H groups in total. The number of hydrogen-bond donors (Lipinski definition) is 1. The lowest BCUT2D eigenvalue weighted by molar-refractivity contribution is -0.117. The van der Waals surface area contributed by atoms with Gasteiger partial charge in [-0.2, -0.15) is 0 Å². The molecule has 5 rings (SSSR count). The van der Waals surface area contributed by atoms with Crippen molar-refractivity contribution in [2.75, 3.05) is 23.3 Å². The summed E-state index contributed by atoms with van der Waals surface area (Å²) >= 11 is 0. The van der Waals surface area contributed by atoms with Crippen molar-refractivity contribution < 1.29 is 9.59 Å². The van der Waals surface area contributed by atoms with E-state index in [4.69, 9.17) is 0 Å². The van der Waals surface area contributed by atoms with Gasteiger partial charge in [-0.15, -0.1) is 0 Å². The number of hydrogen-bond acceptors (Lipinski definition) is 3. The number of nitrogens with one attached hydrogen (secondary N) is 1. The van der Waals surface area contributed by atoms with E-state index in [0.717, 1.165) is 42.5 Å². The zero-order chi connectivity index (χ0) is 23.5. The number of nitrogens with zero attached hydrogens (tertiary/aromatic N) is 2. The maximum Gasteiger partial charge on any atom is 0.259 e. The second kappa shape index (κ2) is 9.82. The van der Waals surface area contributed by atoms with Gasteiger partial charge in [-0.25, -0.2) is 0 Å². The van der Waals surface area contributed by atoms with Gasteiger partial charge in [0.05, 0.1) is 0 Å². The number of amides is 2. The molecule has 5 nitrogen and oxygen atoms in total. The van der Waals surface area contributed by atoms with Gasteiger partial charge in [-0.3, -0.25) is 19.4 Å². The summed E-state index contributed by atoms with van der Waals surface area (Å²) in [5, 5.41) is 3.05. The minimum atomic E-state index is -0.583. The number of carbonyl (C=O) groups excluding carboxylic acids is 2. The van der Waals surface area contributed by atoms with Gasteiger partial charge in [0.25, 0.3) is 5.91 Å². The van der Waals surface area contributed by atoms with Crippen LogP contribution in [0.3, 0.4) is 0 Å². The molecule has 0 aliphatic carbocycles. The first-order chi connectivity index (χ1) is 16.6. The highest BCUT2D eigenvalue weighted by molar-refractivity contribution is 6.13. The molecule has 2 heterocycles. The lowest BCUT2D eigenvalue weighted by atomic mass is 9.99. The fraction of sp³-hybridized carbons (Fsp3) is 0.310. The van der Waals surface area contributed by atoms with Crippen LogP contribution in [0.15, 0.2) is 78.9 Å². The molecular formula is C29H31N3O2. The van der Waals surface area contributed by atoms with Gasteiger partial charge in [-0.1, -0.05) is 55.5 Å². The fourth-order valence-corrected chi connectivity index (χ4v) is 4.96. The van der Waals surface area contributed by atoms with E-state index in [1.807, 2.05) is 54.6 Å². The molecular weight excluding hydrogens is 422 g/mol. The van der Waals surface area contributed by atoms with E-state index in [1.165, 1.54) is 18.4 Å². The van der Waals surface area contributed by atoms with Crippen LogP contribution in [0.25, 0.3) is 0 Å². The molecule has 3 aromatic carbocycles. The molecule has 2 aliphatic heterocycles. The highest BCUT2D eigenvalue weighted by Gasteiger charge is 2.38. The Morgan fingerprint density at radius 1 is 0.882 bits per heavy atom.